The second kappa shape index (κ2) is 4.35. The van der Waals surface area contributed by atoms with Gasteiger partial charge < -0.3 is 9.30 Å². The van der Waals surface area contributed by atoms with E-state index in [0.717, 1.165) is 29.5 Å². The fourth-order valence-electron chi connectivity index (χ4n) is 1.65. The maximum Gasteiger partial charge on any atom is 0.122 e. The Labute approximate surface area is 94.9 Å². The Morgan fingerprint density at radius 3 is 2.75 bits per heavy atom. The largest absolute Gasteiger partial charge is 0.497 e. The predicted molar refractivity (Wildman–Crippen MR) is 61.6 cm³/mol. The summed E-state index contributed by atoms with van der Waals surface area (Å²) in [4.78, 5) is 8.65. The highest BCUT2D eigenvalue weighted by Gasteiger charge is 2.03. The second-order valence-corrected chi connectivity index (χ2v) is 3.74. The molecule has 0 fully saturated rings. The van der Waals surface area contributed by atoms with Crippen LogP contribution in [0.2, 0.25) is 0 Å². The SMILES string of the molecule is COc1cc(C)nc(Cn2ccnc2C)c1. The molecule has 0 aliphatic heterocycles. The number of ether oxygens (including phenoxy) is 1. The Bertz CT molecular complexity index is 491. The summed E-state index contributed by atoms with van der Waals surface area (Å²) in [5.41, 5.74) is 1.95. The highest BCUT2D eigenvalue weighted by atomic mass is 16.5. The highest BCUT2D eigenvalue weighted by molar-refractivity contribution is 5.26. The van der Waals surface area contributed by atoms with Crippen LogP contribution in [0, 0.1) is 13.8 Å². The predicted octanol–water partition coefficient (Wildman–Crippen LogP) is 1.95. The zero-order valence-corrected chi connectivity index (χ0v) is 9.77. The third-order valence-electron chi connectivity index (χ3n) is 2.47. The summed E-state index contributed by atoms with van der Waals surface area (Å²) in [5, 5.41) is 0. The number of pyridine rings is 1. The van der Waals surface area contributed by atoms with E-state index >= 15 is 0 Å². The van der Waals surface area contributed by atoms with E-state index in [1.165, 1.54) is 0 Å². The molecule has 0 amide bonds. The summed E-state index contributed by atoms with van der Waals surface area (Å²) in [6, 6.07) is 3.87. The van der Waals surface area contributed by atoms with Crippen LogP contribution in [0.15, 0.2) is 24.5 Å². The first-order chi connectivity index (χ1) is 7.69. The summed E-state index contributed by atoms with van der Waals surface area (Å²) in [5.74, 6) is 1.84. The van der Waals surface area contributed by atoms with E-state index in [1.807, 2.05) is 32.2 Å². The molecule has 4 nitrogen and oxygen atoms in total. The minimum atomic E-state index is 0.726. The maximum absolute atomic E-state index is 5.22. The summed E-state index contributed by atoms with van der Waals surface area (Å²) in [6.45, 7) is 4.67. The number of imidazole rings is 1. The fraction of sp³-hybridized carbons (Fsp3) is 0.333. The Balaban J connectivity index is 2.28. The summed E-state index contributed by atoms with van der Waals surface area (Å²) < 4.78 is 7.28. The van der Waals surface area contributed by atoms with Crippen LogP contribution in [0.4, 0.5) is 0 Å². The molecule has 2 rings (SSSR count). The first-order valence-corrected chi connectivity index (χ1v) is 5.18. The molecule has 0 radical (unpaired) electrons. The van der Waals surface area contributed by atoms with E-state index in [1.54, 1.807) is 13.3 Å². The molecule has 0 bridgehead atoms. The molecule has 0 saturated carbocycles. The number of hydrogen-bond acceptors (Lipinski definition) is 3. The monoisotopic (exact) mass is 217 g/mol. The number of rotatable bonds is 3. The van der Waals surface area contributed by atoms with Crippen LogP contribution in [-0.2, 0) is 6.54 Å². The van der Waals surface area contributed by atoms with Crippen molar-refractivity contribution in [1.29, 1.82) is 0 Å². The van der Waals surface area contributed by atoms with E-state index in [4.69, 9.17) is 4.74 Å². The van der Waals surface area contributed by atoms with Crippen molar-refractivity contribution in [3.8, 4) is 5.75 Å². The molecular weight excluding hydrogens is 202 g/mol. The zero-order valence-electron chi connectivity index (χ0n) is 9.77. The number of hydrogen-bond donors (Lipinski definition) is 0. The summed E-state index contributed by atoms with van der Waals surface area (Å²) >= 11 is 0. The lowest BCUT2D eigenvalue weighted by molar-refractivity contribution is 0.413. The van der Waals surface area contributed by atoms with E-state index < -0.39 is 0 Å². The molecule has 2 heterocycles. The second-order valence-electron chi connectivity index (χ2n) is 3.74. The van der Waals surface area contributed by atoms with Gasteiger partial charge in [-0.15, -0.1) is 0 Å². The van der Waals surface area contributed by atoms with Gasteiger partial charge in [-0.25, -0.2) is 4.98 Å². The Hall–Kier alpha value is -1.84. The van der Waals surface area contributed by atoms with Crippen LogP contribution >= 0.6 is 0 Å². The van der Waals surface area contributed by atoms with E-state index in [9.17, 15) is 0 Å². The Morgan fingerprint density at radius 2 is 2.12 bits per heavy atom. The average Bonchev–Trinajstić information content (AvgIpc) is 2.63. The van der Waals surface area contributed by atoms with Crippen molar-refractivity contribution in [2.45, 2.75) is 20.4 Å². The molecule has 4 heteroatoms. The van der Waals surface area contributed by atoms with Crippen LogP contribution in [0.5, 0.6) is 5.75 Å². The van der Waals surface area contributed by atoms with Gasteiger partial charge in [-0.2, -0.15) is 0 Å². The third-order valence-corrected chi connectivity index (χ3v) is 2.47. The molecule has 16 heavy (non-hydrogen) atoms. The van der Waals surface area contributed by atoms with Gasteiger partial charge in [0.05, 0.1) is 19.3 Å². The van der Waals surface area contributed by atoms with Crippen LogP contribution in [0.25, 0.3) is 0 Å². The number of aromatic nitrogens is 3. The van der Waals surface area contributed by atoms with Crippen molar-refractivity contribution < 1.29 is 4.74 Å². The van der Waals surface area contributed by atoms with Gasteiger partial charge in [-0.1, -0.05) is 0 Å². The standard InChI is InChI=1S/C12H15N3O/c1-9-6-12(16-3)7-11(14-9)8-15-5-4-13-10(15)2/h4-7H,8H2,1-3H3. The van der Waals surface area contributed by atoms with Crippen molar-refractivity contribution in [2.75, 3.05) is 7.11 Å². The number of methoxy groups -OCH3 is 1. The minimum absolute atomic E-state index is 0.726. The van der Waals surface area contributed by atoms with Gasteiger partial charge in [0.15, 0.2) is 0 Å². The zero-order chi connectivity index (χ0) is 11.5. The van der Waals surface area contributed by atoms with Crippen LogP contribution in [0.3, 0.4) is 0 Å². The highest BCUT2D eigenvalue weighted by Crippen LogP contribution is 2.14. The van der Waals surface area contributed by atoms with Crippen molar-refractivity contribution in [1.82, 2.24) is 14.5 Å². The normalized spacial score (nSPS) is 10.4. The molecule has 0 saturated heterocycles. The van der Waals surface area contributed by atoms with Gasteiger partial charge >= 0.3 is 0 Å². The number of nitrogens with zero attached hydrogens (tertiary/aromatic N) is 3. The van der Waals surface area contributed by atoms with E-state index in [-0.39, 0.29) is 0 Å². The lowest BCUT2D eigenvalue weighted by atomic mass is 10.3. The van der Waals surface area contributed by atoms with Crippen molar-refractivity contribution in [2.24, 2.45) is 0 Å². The Kier molecular flexibility index (Phi) is 2.90. The molecule has 0 N–H and O–H groups in total. The fourth-order valence-corrected chi connectivity index (χ4v) is 1.65. The van der Waals surface area contributed by atoms with Gasteiger partial charge in [-0.3, -0.25) is 4.98 Å². The van der Waals surface area contributed by atoms with Crippen molar-refractivity contribution >= 4 is 0 Å². The first-order valence-electron chi connectivity index (χ1n) is 5.18. The van der Waals surface area contributed by atoms with Gasteiger partial charge in [0.1, 0.15) is 11.6 Å². The molecule has 2 aromatic rings. The van der Waals surface area contributed by atoms with Crippen LogP contribution < -0.4 is 4.74 Å². The lowest BCUT2D eigenvalue weighted by Crippen LogP contribution is -2.04. The Morgan fingerprint density at radius 1 is 1.31 bits per heavy atom. The molecular formula is C12H15N3O. The lowest BCUT2D eigenvalue weighted by Gasteiger charge is -2.07. The maximum atomic E-state index is 5.22. The topological polar surface area (TPSA) is 39.9 Å². The smallest absolute Gasteiger partial charge is 0.122 e. The molecule has 84 valence electrons. The first kappa shape index (κ1) is 10.7. The molecule has 0 atom stereocenters. The van der Waals surface area contributed by atoms with Crippen molar-refractivity contribution in [3.63, 3.8) is 0 Å². The summed E-state index contributed by atoms with van der Waals surface area (Å²) in [7, 11) is 1.67. The van der Waals surface area contributed by atoms with E-state index in [2.05, 4.69) is 14.5 Å². The molecule has 0 aromatic carbocycles. The molecule has 2 aromatic heterocycles. The molecule has 0 aliphatic carbocycles. The molecule has 0 spiro atoms. The van der Waals surface area contributed by atoms with Crippen molar-refractivity contribution in [3.05, 3.63) is 41.7 Å². The van der Waals surface area contributed by atoms with Gasteiger partial charge in [0.2, 0.25) is 0 Å². The summed E-state index contributed by atoms with van der Waals surface area (Å²) in [6.07, 6.45) is 3.74. The minimum Gasteiger partial charge on any atom is -0.497 e. The van der Waals surface area contributed by atoms with E-state index in [0.29, 0.717) is 0 Å². The van der Waals surface area contributed by atoms with Gasteiger partial charge in [0.25, 0.3) is 0 Å². The van der Waals surface area contributed by atoms with Gasteiger partial charge in [-0.05, 0) is 13.8 Å². The molecule has 0 unspecified atom stereocenters. The van der Waals surface area contributed by atoms with Gasteiger partial charge in [0, 0.05) is 30.2 Å². The molecule has 0 aliphatic rings. The van der Waals surface area contributed by atoms with Crippen LogP contribution in [-0.4, -0.2) is 21.6 Å². The quantitative estimate of drug-likeness (QED) is 0.789. The number of aryl methyl sites for hydroxylation is 2. The average molecular weight is 217 g/mol. The van der Waals surface area contributed by atoms with Crippen LogP contribution in [0.1, 0.15) is 17.2 Å². The third kappa shape index (κ3) is 2.21.